The molecule has 0 aromatic carbocycles. The van der Waals surface area contributed by atoms with Crippen LogP contribution in [0.3, 0.4) is 0 Å². The summed E-state index contributed by atoms with van der Waals surface area (Å²) in [6.45, 7) is 3.14. The lowest BCUT2D eigenvalue weighted by atomic mass is 9.97. The SMILES string of the molecule is COCCCc1cc(CN(C(=O)C2CCCNC2)C2CC2)c(Cl)cn1. The molecule has 1 aromatic heterocycles. The van der Waals surface area contributed by atoms with Gasteiger partial charge in [-0.25, -0.2) is 0 Å². The molecule has 5 nitrogen and oxygen atoms in total. The van der Waals surface area contributed by atoms with Crippen molar-refractivity contribution in [2.75, 3.05) is 26.8 Å². The van der Waals surface area contributed by atoms with Crippen molar-refractivity contribution in [1.29, 1.82) is 0 Å². The van der Waals surface area contributed by atoms with Gasteiger partial charge in [-0.05, 0) is 56.7 Å². The number of pyridine rings is 1. The Hall–Kier alpha value is -1.17. The van der Waals surface area contributed by atoms with Gasteiger partial charge >= 0.3 is 0 Å². The molecule has 1 saturated carbocycles. The van der Waals surface area contributed by atoms with E-state index in [1.54, 1.807) is 13.3 Å². The number of hydrogen-bond donors (Lipinski definition) is 1. The Morgan fingerprint density at radius 1 is 1.44 bits per heavy atom. The predicted octanol–water partition coefficient (Wildman–Crippen LogP) is 2.80. The number of methoxy groups -OCH3 is 1. The smallest absolute Gasteiger partial charge is 0.227 e. The third-order valence-corrected chi connectivity index (χ3v) is 5.37. The first-order chi connectivity index (χ1) is 12.2. The van der Waals surface area contributed by atoms with Crippen LogP contribution in [0.1, 0.15) is 43.4 Å². The molecule has 1 saturated heterocycles. The normalized spacial score (nSPS) is 20.5. The highest BCUT2D eigenvalue weighted by Gasteiger charge is 2.36. The van der Waals surface area contributed by atoms with Gasteiger partial charge in [-0.15, -0.1) is 0 Å². The maximum absolute atomic E-state index is 13.0. The van der Waals surface area contributed by atoms with Crippen molar-refractivity contribution in [3.63, 3.8) is 0 Å². The van der Waals surface area contributed by atoms with Crippen LogP contribution >= 0.6 is 11.6 Å². The van der Waals surface area contributed by atoms with Crippen molar-refractivity contribution >= 4 is 17.5 Å². The van der Waals surface area contributed by atoms with E-state index >= 15 is 0 Å². The van der Waals surface area contributed by atoms with Crippen molar-refractivity contribution < 1.29 is 9.53 Å². The maximum atomic E-state index is 13.0. The molecule has 138 valence electrons. The molecule has 1 amide bonds. The van der Waals surface area contributed by atoms with Gasteiger partial charge in [-0.3, -0.25) is 9.78 Å². The predicted molar refractivity (Wildman–Crippen MR) is 98.6 cm³/mol. The first kappa shape index (κ1) is 18.6. The van der Waals surface area contributed by atoms with Crippen molar-refractivity contribution in [2.24, 2.45) is 5.92 Å². The standard InChI is InChI=1S/C19H28ClN3O2/c1-25-9-3-5-16-10-15(18(20)12-22-16)13-23(17-6-7-17)19(24)14-4-2-8-21-11-14/h10,12,14,17,21H,2-9,11,13H2,1H3. The molecule has 6 heteroatoms. The van der Waals surface area contributed by atoms with Crippen LogP contribution in [-0.4, -0.2) is 48.6 Å². The number of aromatic nitrogens is 1. The van der Waals surface area contributed by atoms with Gasteiger partial charge in [0, 0.05) is 44.7 Å². The zero-order valence-corrected chi connectivity index (χ0v) is 15.7. The minimum Gasteiger partial charge on any atom is -0.385 e. The molecule has 1 aliphatic heterocycles. The van der Waals surface area contributed by atoms with E-state index in [1.165, 1.54) is 0 Å². The Balaban J connectivity index is 1.69. The van der Waals surface area contributed by atoms with Crippen molar-refractivity contribution in [2.45, 2.75) is 51.1 Å². The molecule has 2 heterocycles. The molecule has 25 heavy (non-hydrogen) atoms. The van der Waals surface area contributed by atoms with Crippen LogP contribution in [0.15, 0.2) is 12.3 Å². The second-order valence-electron chi connectivity index (χ2n) is 7.10. The second-order valence-corrected chi connectivity index (χ2v) is 7.51. The Bertz CT molecular complexity index is 586. The second kappa shape index (κ2) is 8.97. The van der Waals surface area contributed by atoms with Crippen LogP contribution in [0, 0.1) is 5.92 Å². The van der Waals surface area contributed by atoms with Crippen LogP contribution in [0.25, 0.3) is 0 Å². The van der Waals surface area contributed by atoms with Gasteiger partial charge in [0.25, 0.3) is 0 Å². The molecule has 2 fully saturated rings. The number of hydrogen-bond acceptors (Lipinski definition) is 4. The monoisotopic (exact) mass is 365 g/mol. The third kappa shape index (κ3) is 5.16. The number of piperidine rings is 1. The first-order valence-electron chi connectivity index (χ1n) is 9.32. The van der Waals surface area contributed by atoms with Gasteiger partial charge in [-0.1, -0.05) is 11.6 Å². The fraction of sp³-hybridized carbons (Fsp3) is 0.684. The molecular weight excluding hydrogens is 338 g/mol. The summed E-state index contributed by atoms with van der Waals surface area (Å²) in [5.41, 5.74) is 2.02. The Morgan fingerprint density at radius 3 is 2.96 bits per heavy atom. The number of rotatable bonds is 8. The lowest BCUT2D eigenvalue weighted by molar-refractivity contribution is -0.137. The molecule has 0 spiro atoms. The van der Waals surface area contributed by atoms with E-state index in [1.807, 2.05) is 0 Å². The molecule has 1 atom stereocenters. The summed E-state index contributed by atoms with van der Waals surface area (Å²) in [4.78, 5) is 19.5. The molecule has 1 N–H and O–H groups in total. The Morgan fingerprint density at radius 2 is 2.28 bits per heavy atom. The largest absolute Gasteiger partial charge is 0.385 e. The summed E-state index contributed by atoms with van der Waals surface area (Å²) >= 11 is 6.38. The van der Waals surface area contributed by atoms with Crippen LogP contribution in [0.5, 0.6) is 0 Å². The average Bonchev–Trinajstić information content (AvgIpc) is 3.47. The topological polar surface area (TPSA) is 54.5 Å². The minimum atomic E-state index is 0.108. The number of amides is 1. The van der Waals surface area contributed by atoms with Crippen LogP contribution in [0.2, 0.25) is 5.02 Å². The van der Waals surface area contributed by atoms with E-state index in [-0.39, 0.29) is 11.8 Å². The number of nitrogens with zero attached hydrogens (tertiary/aromatic N) is 2. The quantitative estimate of drug-likeness (QED) is 0.720. The Labute approximate surface area is 155 Å². The van der Waals surface area contributed by atoms with Gasteiger partial charge in [-0.2, -0.15) is 0 Å². The van der Waals surface area contributed by atoms with E-state index < -0.39 is 0 Å². The summed E-state index contributed by atoms with van der Waals surface area (Å²) in [5, 5.41) is 4.00. The lowest BCUT2D eigenvalue weighted by Crippen LogP contribution is -2.43. The highest BCUT2D eigenvalue weighted by Crippen LogP contribution is 2.32. The van der Waals surface area contributed by atoms with E-state index in [4.69, 9.17) is 16.3 Å². The van der Waals surface area contributed by atoms with E-state index in [0.717, 1.165) is 69.5 Å². The van der Waals surface area contributed by atoms with Gasteiger partial charge in [0.2, 0.25) is 5.91 Å². The molecule has 0 bridgehead atoms. The number of aryl methyl sites for hydroxylation is 1. The highest BCUT2D eigenvalue weighted by atomic mass is 35.5. The minimum absolute atomic E-state index is 0.108. The molecule has 0 radical (unpaired) electrons. The van der Waals surface area contributed by atoms with Crippen molar-refractivity contribution in [3.05, 3.63) is 28.5 Å². The maximum Gasteiger partial charge on any atom is 0.227 e. The molecule has 1 aliphatic carbocycles. The van der Waals surface area contributed by atoms with E-state index in [0.29, 0.717) is 17.6 Å². The zero-order valence-electron chi connectivity index (χ0n) is 15.0. The summed E-state index contributed by atoms with van der Waals surface area (Å²) in [5.74, 6) is 0.389. The van der Waals surface area contributed by atoms with Crippen LogP contribution in [0.4, 0.5) is 0 Å². The summed E-state index contributed by atoms with van der Waals surface area (Å²) in [7, 11) is 1.71. The number of ether oxygens (including phenoxy) is 1. The van der Waals surface area contributed by atoms with Crippen LogP contribution < -0.4 is 5.32 Å². The molecular formula is C19H28ClN3O2. The van der Waals surface area contributed by atoms with Gasteiger partial charge in [0.15, 0.2) is 0 Å². The van der Waals surface area contributed by atoms with Crippen LogP contribution in [-0.2, 0) is 22.5 Å². The van der Waals surface area contributed by atoms with E-state index in [2.05, 4.69) is 21.3 Å². The average molecular weight is 366 g/mol. The molecule has 2 aliphatic rings. The summed E-state index contributed by atoms with van der Waals surface area (Å²) < 4.78 is 5.11. The Kier molecular flexibility index (Phi) is 6.68. The van der Waals surface area contributed by atoms with Gasteiger partial charge < -0.3 is 15.0 Å². The fourth-order valence-corrected chi connectivity index (χ4v) is 3.60. The zero-order chi connectivity index (χ0) is 17.6. The van der Waals surface area contributed by atoms with Crippen molar-refractivity contribution in [1.82, 2.24) is 15.2 Å². The molecule has 1 aromatic rings. The molecule has 1 unspecified atom stereocenters. The summed E-state index contributed by atoms with van der Waals surface area (Å²) in [6.07, 6.45) is 7.79. The third-order valence-electron chi connectivity index (χ3n) is 5.03. The van der Waals surface area contributed by atoms with Gasteiger partial charge in [0.1, 0.15) is 0 Å². The lowest BCUT2D eigenvalue weighted by Gasteiger charge is -2.30. The summed E-state index contributed by atoms with van der Waals surface area (Å²) in [6, 6.07) is 2.44. The number of nitrogens with one attached hydrogen (secondary N) is 1. The molecule has 3 rings (SSSR count). The van der Waals surface area contributed by atoms with E-state index in [9.17, 15) is 4.79 Å². The highest BCUT2D eigenvalue weighted by molar-refractivity contribution is 6.31. The first-order valence-corrected chi connectivity index (χ1v) is 9.70. The number of halogens is 1. The van der Waals surface area contributed by atoms with Crippen molar-refractivity contribution in [3.8, 4) is 0 Å². The fourth-order valence-electron chi connectivity index (χ4n) is 3.44. The number of carbonyl (C=O) groups excluding carboxylic acids is 1. The number of carbonyl (C=O) groups is 1. The van der Waals surface area contributed by atoms with Gasteiger partial charge in [0.05, 0.1) is 10.9 Å².